The number of nitrogens with one attached hydrogen (secondary N) is 2. The van der Waals surface area contributed by atoms with E-state index in [9.17, 15) is 4.79 Å². The summed E-state index contributed by atoms with van der Waals surface area (Å²) >= 11 is 0. The lowest BCUT2D eigenvalue weighted by Gasteiger charge is -2.31. The van der Waals surface area contributed by atoms with Crippen molar-refractivity contribution in [2.75, 3.05) is 18.5 Å². The van der Waals surface area contributed by atoms with Crippen LogP contribution < -0.4 is 10.6 Å². The van der Waals surface area contributed by atoms with E-state index in [1.807, 2.05) is 38.1 Å². The fraction of sp³-hybridized carbons (Fsp3) is 0.632. The summed E-state index contributed by atoms with van der Waals surface area (Å²) in [5.74, 6) is -0.0131. The predicted molar refractivity (Wildman–Crippen MR) is 92.8 cm³/mol. The van der Waals surface area contributed by atoms with Crippen LogP contribution in [0.4, 0.5) is 5.69 Å². The highest BCUT2D eigenvalue weighted by molar-refractivity contribution is 5.94. The van der Waals surface area contributed by atoms with Crippen molar-refractivity contribution in [2.45, 2.75) is 58.1 Å². The number of benzene rings is 1. The van der Waals surface area contributed by atoms with E-state index in [-0.39, 0.29) is 11.9 Å². The number of anilines is 1. The van der Waals surface area contributed by atoms with Gasteiger partial charge in [0.15, 0.2) is 0 Å². The van der Waals surface area contributed by atoms with E-state index in [4.69, 9.17) is 4.74 Å². The van der Waals surface area contributed by atoms with E-state index in [1.54, 1.807) is 0 Å². The van der Waals surface area contributed by atoms with Crippen LogP contribution in [0.1, 0.15) is 56.3 Å². The molecule has 0 spiro atoms. The SMILES string of the molecule is CC(C)NC(=O)c1ccc(NCC2(C3CCCCO3)CC2)cc1. The standard InChI is InChI=1S/C19H28N2O2/c1-14(2)21-18(22)15-6-8-16(9-7-15)20-13-19(10-11-19)17-5-3-4-12-23-17/h6-9,14,17,20H,3-5,10-13H2,1-2H3,(H,21,22). The van der Waals surface area contributed by atoms with Gasteiger partial charge in [-0.05, 0) is 70.2 Å². The molecule has 1 aromatic rings. The number of hydrogen-bond acceptors (Lipinski definition) is 3. The van der Waals surface area contributed by atoms with E-state index in [0.29, 0.717) is 17.1 Å². The molecule has 1 saturated carbocycles. The average Bonchev–Trinajstić information content (AvgIpc) is 3.35. The van der Waals surface area contributed by atoms with Crippen molar-refractivity contribution in [1.29, 1.82) is 0 Å². The Kier molecular flexibility index (Phi) is 4.90. The molecule has 3 rings (SSSR count). The fourth-order valence-electron chi connectivity index (χ4n) is 3.36. The van der Waals surface area contributed by atoms with Crippen LogP contribution in [0.3, 0.4) is 0 Å². The molecule has 1 heterocycles. The van der Waals surface area contributed by atoms with Crippen LogP contribution in [0, 0.1) is 5.41 Å². The van der Waals surface area contributed by atoms with Gasteiger partial charge >= 0.3 is 0 Å². The minimum atomic E-state index is -0.0131. The summed E-state index contributed by atoms with van der Waals surface area (Å²) in [4.78, 5) is 12.0. The molecule has 4 nitrogen and oxygen atoms in total. The van der Waals surface area contributed by atoms with Gasteiger partial charge in [-0.25, -0.2) is 0 Å². The minimum absolute atomic E-state index is 0.0131. The molecule has 0 bridgehead atoms. The smallest absolute Gasteiger partial charge is 0.251 e. The molecule has 1 aliphatic carbocycles. The molecule has 1 aliphatic heterocycles. The Morgan fingerprint density at radius 2 is 2.00 bits per heavy atom. The highest BCUT2D eigenvalue weighted by Crippen LogP contribution is 2.52. The van der Waals surface area contributed by atoms with E-state index in [1.165, 1.54) is 32.1 Å². The van der Waals surface area contributed by atoms with Gasteiger partial charge in [0.1, 0.15) is 0 Å². The number of ether oxygens (including phenoxy) is 1. The van der Waals surface area contributed by atoms with Gasteiger partial charge in [-0.1, -0.05) is 0 Å². The lowest BCUT2D eigenvalue weighted by molar-refractivity contribution is -0.0266. The highest BCUT2D eigenvalue weighted by Gasteiger charge is 2.50. The normalized spacial score (nSPS) is 22.7. The van der Waals surface area contributed by atoms with Gasteiger partial charge in [0.25, 0.3) is 5.91 Å². The molecular formula is C19H28N2O2. The van der Waals surface area contributed by atoms with Crippen LogP contribution in [-0.2, 0) is 4.74 Å². The Balaban J connectivity index is 1.53. The molecule has 126 valence electrons. The lowest BCUT2D eigenvalue weighted by Crippen LogP contribution is -2.34. The molecular weight excluding hydrogens is 288 g/mol. The third kappa shape index (κ3) is 4.05. The van der Waals surface area contributed by atoms with Crippen LogP contribution in [-0.4, -0.2) is 31.2 Å². The number of amides is 1. The van der Waals surface area contributed by atoms with Gasteiger partial charge in [-0.3, -0.25) is 4.79 Å². The van der Waals surface area contributed by atoms with E-state index in [0.717, 1.165) is 18.8 Å². The molecule has 1 saturated heterocycles. The summed E-state index contributed by atoms with van der Waals surface area (Å²) in [6, 6.07) is 7.92. The summed E-state index contributed by atoms with van der Waals surface area (Å²) < 4.78 is 5.99. The van der Waals surface area contributed by atoms with Gasteiger partial charge < -0.3 is 15.4 Å². The monoisotopic (exact) mass is 316 g/mol. The third-order valence-corrected chi connectivity index (χ3v) is 4.97. The second-order valence-corrected chi connectivity index (χ2v) is 7.28. The third-order valence-electron chi connectivity index (χ3n) is 4.97. The lowest BCUT2D eigenvalue weighted by atomic mass is 9.92. The molecule has 1 aromatic carbocycles. The zero-order valence-electron chi connectivity index (χ0n) is 14.2. The van der Waals surface area contributed by atoms with Crippen LogP contribution in [0.5, 0.6) is 0 Å². The molecule has 1 amide bonds. The number of carbonyl (C=O) groups is 1. The molecule has 2 N–H and O–H groups in total. The second kappa shape index (κ2) is 6.91. The maximum atomic E-state index is 12.0. The Bertz CT molecular complexity index is 529. The molecule has 0 aromatic heterocycles. The highest BCUT2D eigenvalue weighted by atomic mass is 16.5. The van der Waals surface area contributed by atoms with Crippen LogP contribution >= 0.6 is 0 Å². The number of rotatable bonds is 6. The molecule has 23 heavy (non-hydrogen) atoms. The maximum absolute atomic E-state index is 12.0. The Hall–Kier alpha value is -1.55. The van der Waals surface area contributed by atoms with Gasteiger partial charge in [-0.2, -0.15) is 0 Å². The van der Waals surface area contributed by atoms with Gasteiger partial charge in [0.2, 0.25) is 0 Å². The molecule has 1 unspecified atom stereocenters. The van der Waals surface area contributed by atoms with Gasteiger partial charge in [0, 0.05) is 35.9 Å². The number of hydrogen-bond donors (Lipinski definition) is 2. The summed E-state index contributed by atoms with van der Waals surface area (Å²) in [5.41, 5.74) is 2.13. The first-order valence-corrected chi connectivity index (χ1v) is 8.85. The molecule has 2 fully saturated rings. The zero-order chi connectivity index (χ0) is 16.3. The van der Waals surface area contributed by atoms with Crippen molar-refractivity contribution < 1.29 is 9.53 Å². The topological polar surface area (TPSA) is 50.4 Å². The molecule has 4 heteroatoms. The van der Waals surface area contributed by atoms with Gasteiger partial charge in [0.05, 0.1) is 6.10 Å². The van der Waals surface area contributed by atoms with Crippen molar-refractivity contribution >= 4 is 11.6 Å². The van der Waals surface area contributed by atoms with Crippen molar-refractivity contribution in [3.05, 3.63) is 29.8 Å². The first kappa shape index (κ1) is 16.3. The summed E-state index contributed by atoms with van der Waals surface area (Å²) in [6.07, 6.45) is 6.67. The molecule has 2 aliphatic rings. The quantitative estimate of drug-likeness (QED) is 0.843. The van der Waals surface area contributed by atoms with Gasteiger partial charge in [-0.15, -0.1) is 0 Å². The zero-order valence-corrected chi connectivity index (χ0v) is 14.2. The van der Waals surface area contributed by atoms with Crippen molar-refractivity contribution in [3.8, 4) is 0 Å². The average molecular weight is 316 g/mol. The Morgan fingerprint density at radius 1 is 1.26 bits per heavy atom. The first-order valence-electron chi connectivity index (χ1n) is 8.85. The summed E-state index contributed by atoms with van der Waals surface area (Å²) in [5, 5.41) is 6.45. The molecule has 1 atom stereocenters. The van der Waals surface area contributed by atoms with E-state index >= 15 is 0 Å². The summed E-state index contributed by atoms with van der Waals surface area (Å²) in [6.45, 7) is 5.83. The first-order chi connectivity index (χ1) is 11.1. The van der Waals surface area contributed by atoms with Crippen molar-refractivity contribution in [1.82, 2.24) is 5.32 Å². The molecule has 0 radical (unpaired) electrons. The van der Waals surface area contributed by atoms with Crippen LogP contribution in [0.25, 0.3) is 0 Å². The van der Waals surface area contributed by atoms with Crippen molar-refractivity contribution in [3.63, 3.8) is 0 Å². The Labute approximate surface area is 139 Å². The fourth-order valence-corrected chi connectivity index (χ4v) is 3.36. The van der Waals surface area contributed by atoms with Crippen LogP contribution in [0.15, 0.2) is 24.3 Å². The van der Waals surface area contributed by atoms with E-state index < -0.39 is 0 Å². The van der Waals surface area contributed by atoms with Crippen molar-refractivity contribution in [2.24, 2.45) is 5.41 Å². The number of carbonyl (C=O) groups excluding carboxylic acids is 1. The van der Waals surface area contributed by atoms with E-state index in [2.05, 4.69) is 10.6 Å². The maximum Gasteiger partial charge on any atom is 0.251 e. The summed E-state index contributed by atoms with van der Waals surface area (Å²) in [7, 11) is 0. The second-order valence-electron chi connectivity index (χ2n) is 7.28. The largest absolute Gasteiger partial charge is 0.384 e. The Morgan fingerprint density at radius 3 is 2.57 bits per heavy atom. The predicted octanol–water partition coefficient (Wildman–Crippen LogP) is 3.59. The van der Waals surface area contributed by atoms with Crippen LogP contribution in [0.2, 0.25) is 0 Å². The minimum Gasteiger partial charge on any atom is -0.384 e.